The highest BCUT2D eigenvalue weighted by molar-refractivity contribution is 7.90. The molecule has 0 aromatic heterocycles. The second-order valence-electron chi connectivity index (χ2n) is 4.74. The van der Waals surface area contributed by atoms with Crippen LogP contribution in [-0.4, -0.2) is 8.42 Å². The van der Waals surface area contributed by atoms with Crippen LogP contribution < -0.4 is 15.2 Å². The van der Waals surface area contributed by atoms with Crippen LogP contribution in [0.1, 0.15) is 24.9 Å². The Morgan fingerprint density at radius 3 is 2.33 bits per heavy atom. The van der Waals surface area contributed by atoms with E-state index < -0.39 is 10.2 Å². The summed E-state index contributed by atoms with van der Waals surface area (Å²) in [6, 6.07) is 17.3. The van der Waals surface area contributed by atoms with E-state index in [2.05, 4.69) is 29.1 Å². The van der Waals surface area contributed by atoms with E-state index in [9.17, 15) is 8.42 Å². The summed E-state index contributed by atoms with van der Waals surface area (Å²) in [4.78, 5) is 0. The maximum Gasteiger partial charge on any atom is 0.296 e. The largest absolute Gasteiger partial charge is 0.378 e. The average molecular weight is 305 g/mol. The van der Waals surface area contributed by atoms with Gasteiger partial charge in [-0.25, -0.2) is 5.14 Å². The Morgan fingerprint density at radius 2 is 1.71 bits per heavy atom. The Bertz CT molecular complexity index is 687. The van der Waals surface area contributed by atoms with Crippen molar-refractivity contribution in [2.75, 3.05) is 10.0 Å². The molecule has 4 N–H and O–H groups in total. The van der Waals surface area contributed by atoms with Crippen LogP contribution in [0, 0.1) is 0 Å². The molecule has 0 fully saturated rings. The van der Waals surface area contributed by atoms with E-state index in [0.29, 0.717) is 5.69 Å². The second-order valence-corrected chi connectivity index (χ2v) is 6.04. The lowest BCUT2D eigenvalue weighted by Gasteiger charge is -2.19. The number of nitrogens with one attached hydrogen (secondary N) is 2. The number of rotatable bonds is 6. The van der Waals surface area contributed by atoms with Crippen molar-refractivity contribution in [1.29, 1.82) is 0 Å². The Hall–Kier alpha value is -2.05. The monoisotopic (exact) mass is 305 g/mol. The molecule has 2 aromatic carbocycles. The summed E-state index contributed by atoms with van der Waals surface area (Å²) >= 11 is 0. The topological polar surface area (TPSA) is 84.2 Å². The van der Waals surface area contributed by atoms with Crippen LogP contribution in [0.4, 0.5) is 11.4 Å². The Balaban J connectivity index is 2.17. The van der Waals surface area contributed by atoms with Gasteiger partial charge in [-0.2, -0.15) is 8.42 Å². The molecule has 1 atom stereocenters. The zero-order chi connectivity index (χ0) is 15.3. The minimum Gasteiger partial charge on any atom is -0.378 e. The highest BCUT2D eigenvalue weighted by atomic mass is 32.2. The van der Waals surface area contributed by atoms with Crippen molar-refractivity contribution in [3.05, 3.63) is 60.2 Å². The minimum atomic E-state index is -3.76. The van der Waals surface area contributed by atoms with Crippen molar-refractivity contribution in [1.82, 2.24) is 0 Å². The first-order valence-corrected chi connectivity index (χ1v) is 8.24. The van der Waals surface area contributed by atoms with Crippen molar-refractivity contribution < 1.29 is 8.42 Å². The molecule has 112 valence electrons. The van der Waals surface area contributed by atoms with Crippen LogP contribution >= 0.6 is 0 Å². The van der Waals surface area contributed by atoms with Gasteiger partial charge in [0.2, 0.25) is 0 Å². The quantitative estimate of drug-likeness (QED) is 0.767. The lowest BCUT2D eigenvalue weighted by molar-refractivity contribution is 0.603. The number of hydrogen-bond acceptors (Lipinski definition) is 3. The fourth-order valence-corrected chi connectivity index (χ4v) is 2.60. The molecule has 0 aliphatic rings. The van der Waals surface area contributed by atoms with Crippen molar-refractivity contribution in [3.8, 4) is 0 Å². The van der Waals surface area contributed by atoms with Crippen LogP contribution in [0.5, 0.6) is 0 Å². The summed E-state index contributed by atoms with van der Waals surface area (Å²) in [5.41, 5.74) is 2.45. The molecule has 0 amide bonds. The van der Waals surface area contributed by atoms with Gasteiger partial charge in [0.15, 0.2) is 0 Å². The van der Waals surface area contributed by atoms with E-state index in [1.165, 1.54) is 5.56 Å². The van der Waals surface area contributed by atoms with Gasteiger partial charge in [0.1, 0.15) is 0 Å². The Kier molecular flexibility index (Phi) is 4.82. The average Bonchev–Trinajstić information content (AvgIpc) is 2.44. The van der Waals surface area contributed by atoms with Crippen LogP contribution in [0.2, 0.25) is 0 Å². The van der Waals surface area contributed by atoms with Gasteiger partial charge in [0.05, 0.1) is 11.7 Å². The molecular formula is C15H19N3O2S. The molecule has 0 saturated carbocycles. The van der Waals surface area contributed by atoms with Gasteiger partial charge >= 0.3 is 0 Å². The van der Waals surface area contributed by atoms with Crippen LogP contribution in [0.15, 0.2) is 54.6 Å². The fraction of sp³-hybridized carbons (Fsp3) is 0.200. The first kappa shape index (κ1) is 15.3. The van der Waals surface area contributed by atoms with Crippen LogP contribution in [-0.2, 0) is 10.2 Å². The molecule has 6 heteroatoms. The van der Waals surface area contributed by atoms with E-state index in [4.69, 9.17) is 5.14 Å². The minimum absolute atomic E-state index is 0.163. The van der Waals surface area contributed by atoms with Crippen LogP contribution in [0.3, 0.4) is 0 Å². The summed E-state index contributed by atoms with van der Waals surface area (Å²) in [6.07, 6.45) is 0.914. The summed E-state index contributed by atoms with van der Waals surface area (Å²) in [5.74, 6) is 0. The lowest BCUT2D eigenvalue weighted by atomic mass is 10.0. The van der Waals surface area contributed by atoms with Gasteiger partial charge in [-0.15, -0.1) is 0 Å². The molecule has 2 aromatic rings. The molecule has 1 unspecified atom stereocenters. The molecule has 0 heterocycles. The number of nitrogens with two attached hydrogens (primary N) is 1. The van der Waals surface area contributed by atoms with Gasteiger partial charge in [0.25, 0.3) is 10.2 Å². The molecule has 21 heavy (non-hydrogen) atoms. The Labute approximate surface area is 125 Å². The van der Waals surface area contributed by atoms with Crippen molar-refractivity contribution in [2.45, 2.75) is 19.4 Å². The summed E-state index contributed by atoms with van der Waals surface area (Å²) in [6.45, 7) is 2.09. The number of benzene rings is 2. The van der Waals surface area contributed by atoms with Gasteiger partial charge in [-0.1, -0.05) is 43.3 Å². The SMILES string of the molecule is CCC(Nc1cccc(NS(N)(=O)=O)c1)c1ccccc1. The van der Waals surface area contributed by atoms with Gasteiger partial charge in [-0.3, -0.25) is 4.72 Å². The molecule has 0 spiro atoms. The molecule has 0 aliphatic carbocycles. The maximum atomic E-state index is 11.1. The predicted octanol–water partition coefficient (Wildman–Crippen LogP) is 2.87. The molecule has 0 radical (unpaired) electrons. The highest BCUT2D eigenvalue weighted by Crippen LogP contribution is 2.24. The van der Waals surface area contributed by atoms with Gasteiger partial charge in [-0.05, 0) is 30.2 Å². The molecule has 0 aliphatic heterocycles. The van der Waals surface area contributed by atoms with Crippen molar-refractivity contribution in [2.24, 2.45) is 5.14 Å². The third-order valence-electron chi connectivity index (χ3n) is 3.07. The number of hydrogen-bond donors (Lipinski definition) is 3. The van der Waals surface area contributed by atoms with Crippen LogP contribution in [0.25, 0.3) is 0 Å². The third-order valence-corrected chi connectivity index (χ3v) is 3.59. The first-order chi connectivity index (χ1) is 9.98. The molecule has 5 nitrogen and oxygen atoms in total. The van der Waals surface area contributed by atoms with Crippen molar-refractivity contribution >= 4 is 21.6 Å². The number of anilines is 2. The maximum absolute atomic E-state index is 11.1. The Morgan fingerprint density at radius 1 is 1.05 bits per heavy atom. The lowest BCUT2D eigenvalue weighted by Crippen LogP contribution is -2.21. The van der Waals surface area contributed by atoms with Crippen molar-refractivity contribution in [3.63, 3.8) is 0 Å². The predicted molar refractivity (Wildman–Crippen MR) is 86.3 cm³/mol. The van der Waals surface area contributed by atoms with E-state index in [0.717, 1.165) is 12.1 Å². The zero-order valence-corrected chi connectivity index (χ0v) is 12.6. The summed E-state index contributed by atoms with van der Waals surface area (Å²) in [5, 5.41) is 8.37. The van der Waals surface area contributed by atoms with E-state index in [1.807, 2.05) is 24.3 Å². The molecule has 0 saturated heterocycles. The summed E-state index contributed by atoms with van der Waals surface area (Å²) in [7, 11) is -3.76. The zero-order valence-electron chi connectivity index (χ0n) is 11.8. The fourth-order valence-electron chi connectivity index (χ4n) is 2.14. The molecular weight excluding hydrogens is 286 g/mol. The molecule has 2 rings (SSSR count). The first-order valence-electron chi connectivity index (χ1n) is 6.70. The van der Waals surface area contributed by atoms with Gasteiger partial charge < -0.3 is 5.32 Å². The highest BCUT2D eigenvalue weighted by Gasteiger charge is 2.09. The van der Waals surface area contributed by atoms with E-state index >= 15 is 0 Å². The van der Waals surface area contributed by atoms with Gasteiger partial charge in [0, 0.05) is 5.69 Å². The smallest absolute Gasteiger partial charge is 0.296 e. The summed E-state index contributed by atoms with van der Waals surface area (Å²) < 4.78 is 24.4. The van der Waals surface area contributed by atoms with E-state index in [-0.39, 0.29) is 6.04 Å². The third kappa shape index (κ3) is 4.77. The normalized spacial score (nSPS) is 12.7. The standard InChI is InChI=1S/C15H19N3O2S/c1-2-15(12-7-4-3-5-8-12)17-13-9-6-10-14(11-13)18-21(16,19)20/h3-11,15,17-18H,2H2,1H3,(H2,16,19,20). The molecule has 0 bridgehead atoms. The van der Waals surface area contributed by atoms with E-state index in [1.54, 1.807) is 18.2 Å². The second kappa shape index (κ2) is 6.60.